The smallest absolute Gasteiger partial charge is 0.326 e. The number of carboxylic acid groups (broad SMARTS) is 1. The Hall–Kier alpha value is -0.620. The molecular formula is C8H7Br2NO3. The molecular weight excluding hydrogens is 318 g/mol. The largest absolute Gasteiger partial charge is 0.480 e. The quantitative estimate of drug-likeness (QED) is 0.905. The van der Waals surface area contributed by atoms with E-state index >= 15 is 0 Å². The Morgan fingerprint density at radius 2 is 1.86 bits per heavy atom. The molecule has 0 saturated carbocycles. The fourth-order valence-corrected chi connectivity index (χ4v) is 2.05. The average molecular weight is 325 g/mol. The van der Waals surface area contributed by atoms with Gasteiger partial charge in [-0.3, -0.25) is 4.79 Å². The SMILES string of the molecule is CC(C(=O)O)n1cc(Br)c(=O)c(Br)c1. The van der Waals surface area contributed by atoms with E-state index in [-0.39, 0.29) is 5.43 Å². The van der Waals surface area contributed by atoms with Crippen molar-refractivity contribution in [1.29, 1.82) is 0 Å². The van der Waals surface area contributed by atoms with Crippen LogP contribution >= 0.6 is 31.9 Å². The van der Waals surface area contributed by atoms with Gasteiger partial charge in [-0.1, -0.05) is 0 Å². The summed E-state index contributed by atoms with van der Waals surface area (Å²) in [6, 6.07) is -0.705. The van der Waals surface area contributed by atoms with Gasteiger partial charge < -0.3 is 9.67 Å². The predicted molar refractivity (Wildman–Crippen MR) is 58.4 cm³/mol. The van der Waals surface area contributed by atoms with Crippen LogP contribution in [0.3, 0.4) is 0 Å². The first-order valence-corrected chi connectivity index (χ1v) is 5.31. The molecule has 0 aromatic carbocycles. The summed E-state index contributed by atoms with van der Waals surface area (Å²) in [6.45, 7) is 1.53. The number of aromatic nitrogens is 1. The molecule has 0 radical (unpaired) electrons. The highest BCUT2D eigenvalue weighted by Gasteiger charge is 2.13. The summed E-state index contributed by atoms with van der Waals surface area (Å²) in [4.78, 5) is 21.9. The number of nitrogens with zero attached hydrogens (tertiary/aromatic N) is 1. The Morgan fingerprint density at radius 3 is 2.21 bits per heavy atom. The van der Waals surface area contributed by atoms with Crippen molar-refractivity contribution < 1.29 is 9.90 Å². The molecule has 0 aliphatic rings. The van der Waals surface area contributed by atoms with Gasteiger partial charge in [0.05, 0.1) is 8.95 Å². The Labute approximate surface area is 96.8 Å². The van der Waals surface area contributed by atoms with Crippen LogP contribution in [0.5, 0.6) is 0 Å². The Kier molecular flexibility index (Phi) is 3.49. The first-order valence-electron chi connectivity index (χ1n) is 3.73. The molecule has 1 rings (SSSR count). The van der Waals surface area contributed by atoms with E-state index in [2.05, 4.69) is 31.9 Å². The van der Waals surface area contributed by atoms with Crippen molar-refractivity contribution in [2.75, 3.05) is 0 Å². The zero-order valence-corrected chi connectivity index (χ0v) is 10.4. The van der Waals surface area contributed by atoms with E-state index in [9.17, 15) is 9.59 Å². The number of hydrogen-bond donors (Lipinski definition) is 1. The minimum Gasteiger partial charge on any atom is -0.480 e. The molecule has 0 spiro atoms. The lowest BCUT2D eigenvalue weighted by Crippen LogP contribution is -2.18. The van der Waals surface area contributed by atoms with Crippen molar-refractivity contribution in [3.05, 3.63) is 31.6 Å². The van der Waals surface area contributed by atoms with Gasteiger partial charge in [-0.15, -0.1) is 0 Å². The molecule has 76 valence electrons. The summed E-state index contributed by atoms with van der Waals surface area (Å²) in [7, 11) is 0. The van der Waals surface area contributed by atoms with Gasteiger partial charge in [0.1, 0.15) is 6.04 Å². The zero-order chi connectivity index (χ0) is 10.9. The van der Waals surface area contributed by atoms with E-state index in [1.807, 2.05) is 0 Å². The van der Waals surface area contributed by atoms with Crippen LogP contribution in [0.1, 0.15) is 13.0 Å². The molecule has 4 nitrogen and oxygen atoms in total. The minimum atomic E-state index is -0.951. The van der Waals surface area contributed by atoms with Crippen LogP contribution in [0.25, 0.3) is 0 Å². The number of hydrogen-bond acceptors (Lipinski definition) is 2. The molecule has 1 aromatic rings. The maximum Gasteiger partial charge on any atom is 0.326 e. The Balaban J connectivity index is 3.26. The van der Waals surface area contributed by atoms with Crippen molar-refractivity contribution >= 4 is 37.8 Å². The molecule has 0 aliphatic carbocycles. The van der Waals surface area contributed by atoms with E-state index in [4.69, 9.17) is 5.11 Å². The van der Waals surface area contributed by atoms with Gasteiger partial charge in [-0.25, -0.2) is 4.79 Å². The standard InChI is InChI=1S/C8H7Br2NO3/c1-4(8(13)14)11-2-5(9)7(12)6(10)3-11/h2-4H,1H3,(H,13,14). The van der Waals surface area contributed by atoms with Crippen LogP contribution in [0.4, 0.5) is 0 Å². The molecule has 0 saturated heterocycles. The van der Waals surface area contributed by atoms with Crippen LogP contribution < -0.4 is 5.43 Å². The number of carboxylic acids is 1. The lowest BCUT2D eigenvalue weighted by molar-refractivity contribution is -0.140. The number of pyridine rings is 1. The van der Waals surface area contributed by atoms with E-state index in [1.165, 1.54) is 23.9 Å². The van der Waals surface area contributed by atoms with Crippen LogP contribution in [0, 0.1) is 0 Å². The summed E-state index contributed by atoms with van der Waals surface area (Å²) in [5.74, 6) is -0.951. The maximum absolute atomic E-state index is 11.3. The predicted octanol–water partition coefficient (Wildman–Crippen LogP) is 2.02. The third-order valence-electron chi connectivity index (χ3n) is 1.76. The number of halogens is 2. The average Bonchev–Trinajstić information content (AvgIpc) is 2.12. The lowest BCUT2D eigenvalue weighted by Gasteiger charge is -2.11. The lowest BCUT2D eigenvalue weighted by atomic mass is 10.3. The van der Waals surface area contributed by atoms with Gasteiger partial charge in [-0.2, -0.15) is 0 Å². The van der Waals surface area contributed by atoms with Gasteiger partial charge in [0.25, 0.3) is 0 Å². The first kappa shape index (κ1) is 11.5. The minimum absolute atomic E-state index is 0.196. The molecule has 1 heterocycles. The molecule has 1 atom stereocenters. The zero-order valence-electron chi connectivity index (χ0n) is 7.20. The second-order valence-corrected chi connectivity index (χ2v) is 4.45. The maximum atomic E-state index is 11.3. The Bertz CT molecular complexity index is 401. The molecule has 0 fully saturated rings. The highest BCUT2D eigenvalue weighted by Crippen LogP contribution is 2.14. The summed E-state index contributed by atoms with van der Waals surface area (Å²) >= 11 is 6.12. The van der Waals surface area contributed by atoms with E-state index < -0.39 is 12.0 Å². The summed E-state index contributed by atoms with van der Waals surface area (Å²) in [6.07, 6.45) is 2.90. The highest BCUT2D eigenvalue weighted by atomic mass is 79.9. The van der Waals surface area contributed by atoms with Gasteiger partial charge in [0.15, 0.2) is 0 Å². The fourth-order valence-electron chi connectivity index (χ4n) is 0.881. The molecule has 6 heteroatoms. The normalized spacial score (nSPS) is 12.5. The van der Waals surface area contributed by atoms with E-state index in [0.717, 1.165) is 0 Å². The second kappa shape index (κ2) is 4.27. The monoisotopic (exact) mass is 323 g/mol. The summed E-state index contributed by atoms with van der Waals surface area (Å²) < 4.78 is 2.11. The van der Waals surface area contributed by atoms with Crippen molar-refractivity contribution in [1.82, 2.24) is 4.57 Å². The second-order valence-electron chi connectivity index (χ2n) is 2.74. The van der Waals surface area contributed by atoms with Crippen molar-refractivity contribution in [3.63, 3.8) is 0 Å². The summed E-state index contributed by atoms with van der Waals surface area (Å²) in [5.41, 5.74) is -0.196. The van der Waals surface area contributed by atoms with Crippen molar-refractivity contribution in [2.45, 2.75) is 13.0 Å². The molecule has 1 unspecified atom stereocenters. The third kappa shape index (κ3) is 2.24. The number of carbonyl (C=O) groups is 1. The number of aliphatic carboxylic acids is 1. The number of rotatable bonds is 2. The van der Waals surface area contributed by atoms with Crippen LogP contribution in [0.15, 0.2) is 26.1 Å². The van der Waals surface area contributed by atoms with Crippen molar-refractivity contribution in [3.8, 4) is 0 Å². The first-order chi connectivity index (χ1) is 6.43. The molecule has 0 aliphatic heterocycles. The molecule has 14 heavy (non-hydrogen) atoms. The van der Waals surface area contributed by atoms with Gasteiger partial charge in [-0.05, 0) is 38.8 Å². The molecule has 1 aromatic heterocycles. The van der Waals surface area contributed by atoms with Gasteiger partial charge in [0, 0.05) is 12.4 Å². The van der Waals surface area contributed by atoms with Gasteiger partial charge in [0.2, 0.25) is 5.43 Å². The third-order valence-corrected chi connectivity index (χ3v) is 2.89. The molecule has 0 amide bonds. The van der Waals surface area contributed by atoms with Gasteiger partial charge >= 0.3 is 5.97 Å². The molecule has 1 N–H and O–H groups in total. The van der Waals surface area contributed by atoms with Crippen LogP contribution in [0.2, 0.25) is 0 Å². The van der Waals surface area contributed by atoms with E-state index in [1.54, 1.807) is 0 Å². The topological polar surface area (TPSA) is 59.3 Å². The van der Waals surface area contributed by atoms with Crippen LogP contribution in [-0.2, 0) is 4.79 Å². The molecule has 0 bridgehead atoms. The highest BCUT2D eigenvalue weighted by molar-refractivity contribution is 9.11. The summed E-state index contributed by atoms with van der Waals surface area (Å²) in [5, 5.41) is 8.76. The van der Waals surface area contributed by atoms with Crippen molar-refractivity contribution in [2.24, 2.45) is 0 Å². The fraction of sp³-hybridized carbons (Fsp3) is 0.250. The Morgan fingerprint density at radius 1 is 1.43 bits per heavy atom. The van der Waals surface area contributed by atoms with Crippen LogP contribution in [-0.4, -0.2) is 15.6 Å². The van der Waals surface area contributed by atoms with E-state index in [0.29, 0.717) is 8.95 Å².